The van der Waals surface area contributed by atoms with Crippen molar-refractivity contribution in [2.24, 2.45) is 0 Å². The fourth-order valence-electron chi connectivity index (χ4n) is 1.91. The van der Waals surface area contributed by atoms with Gasteiger partial charge in [-0.2, -0.15) is 0 Å². The van der Waals surface area contributed by atoms with Crippen molar-refractivity contribution in [1.29, 1.82) is 0 Å². The van der Waals surface area contributed by atoms with Crippen LogP contribution >= 0.6 is 0 Å². The van der Waals surface area contributed by atoms with Crippen molar-refractivity contribution < 1.29 is 5.11 Å². The Bertz CT molecular complexity index is 629. The summed E-state index contributed by atoms with van der Waals surface area (Å²) in [7, 11) is -0.287. The molecule has 1 N–H and O–H groups in total. The van der Waals surface area contributed by atoms with E-state index in [0.29, 0.717) is 0 Å². The van der Waals surface area contributed by atoms with E-state index >= 15 is 0 Å². The van der Waals surface area contributed by atoms with Gasteiger partial charge in [0, 0.05) is 6.07 Å². The van der Waals surface area contributed by atoms with Crippen LogP contribution in [-0.2, 0) is 10.9 Å². The van der Waals surface area contributed by atoms with E-state index < -0.39 is 0 Å². The summed E-state index contributed by atoms with van der Waals surface area (Å²) in [4.78, 5) is 3.33. The lowest BCUT2D eigenvalue weighted by Gasteiger charge is -2.08. The van der Waals surface area contributed by atoms with Crippen LogP contribution in [0.15, 0.2) is 101 Å². The molecular weight excluding hydrogens is 264 g/mol. The predicted molar refractivity (Wildman–Crippen MR) is 86.9 cm³/mol. The van der Waals surface area contributed by atoms with Crippen molar-refractivity contribution in [3.05, 3.63) is 90.9 Å². The summed E-state index contributed by atoms with van der Waals surface area (Å²) < 4.78 is 0. The zero-order valence-electron chi connectivity index (χ0n) is 11.2. The van der Waals surface area contributed by atoms with Crippen molar-refractivity contribution >= 4 is 10.9 Å². The van der Waals surface area contributed by atoms with E-state index in [2.05, 4.69) is 25.3 Å². The molecule has 0 saturated carbocycles. The highest BCUT2D eigenvalue weighted by Crippen LogP contribution is 2.32. The molecule has 0 radical (unpaired) electrons. The molecule has 1 nitrogen and oxygen atoms in total. The minimum absolute atomic E-state index is 0.276. The number of hydrogen-bond donors (Lipinski definition) is 1. The minimum Gasteiger partial charge on any atom is -0.508 e. The molecule has 2 rings (SSSR count). The van der Waals surface area contributed by atoms with Crippen molar-refractivity contribution in [3.8, 4) is 5.75 Å². The maximum atomic E-state index is 9.73. The first kappa shape index (κ1) is 14.2. The molecule has 0 spiro atoms. The summed E-state index contributed by atoms with van der Waals surface area (Å²) in [6.07, 6.45) is 5.58. The third-order valence-corrected chi connectivity index (χ3v) is 4.99. The first-order chi connectivity index (χ1) is 9.76. The largest absolute Gasteiger partial charge is 0.508 e. The van der Waals surface area contributed by atoms with Crippen LogP contribution in [0.2, 0.25) is 0 Å². The fraction of sp³-hybridized carbons (Fsp3) is 0. The highest BCUT2D eigenvalue weighted by Gasteiger charge is 2.29. The maximum Gasteiger partial charge on any atom is 0.170 e. The average molecular weight is 281 g/mol. The van der Waals surface area contributed by atoms with Gasteiger partial charge in [-0.15, -0.1) is 0 Å². The number of hydrogen-bond acceptors (Lipinski definition) is 1. The second kappa shape index (κ2) is 6.83. The van der Waals surface area contributed by atoms with Gasteiger partial charge in [-0.1, -0.05) is 43.5 Å². The van der Waals surface area contributed by atoms with Crippen molar-refractivity contribution in [2.75, 3.05) is 0 Å². The van der Waals surface area contributed by atoms with Gasteiger partial charge in [0.15, 0.2) is 14.7 Å². The van der Waals surface area contributed by atoms with Crippen LogP contribution in [0.1, 0.15) is 0 Å². The van der Waals surface area contributed by atoms with Gasteiger partial charge in [-0.3, -0.25) is 0 Å². The topological polar surface area (TPSA) is 20.2 Å². The lowest BCUT2D eigenvalue weighted by molar-refractivity contribution is 0.474. The van der Waals surface area contributed by atoms with Gasteiger partial charge in [0.05, 0.1) is 10.9 Å². The van der Waals surface area contributed by atoms with Crippen molar-refractivity contribution in [3.63, 3.8) is 0 Å². The molecule has 2 aromatic rings. The summed E-state index contributed by atoms with van der Waals surface area (Å²) in [6, 6.07) is 17.6. The Morgan fingerprint density at radius 1 is 0.950 bits per heavy atom. The molecule has 0 fully saturated rings. The first-order valence-corrected chi connectivity index (χ1v) is 7.52. The van der Waals surface area contributed by atoms with E-state index in [0.717, 1.165) is 9.80 Å². The highest BCUT2D eigenvalue weighted by molar-refractivity contribution is 8.00. The van der Waals surface area contributed by atoms with Gasteiger partial charge in [-0.25, -0.2) is 0 Å². The molecule has 0 bridgehead atoms. The van der Waals surface area contributed by atoms with E-state index in [4.69, 9.17) is 0 Å². The Hall–Kier alpha value is -2.19. The second-order valence-corrected chi connectivity index (χ2v) is 6.15. The van der Waals surface area contributed by atoms with E-state index in [1.165, 1.54) is 4.90 Å². The molecule has 0 aliphatic carbocycles. The molecule has 0 aliphatic heterocycles. The maximum absolute atomic E-state index is 9.73. The number of phenolic OH excluding ortho intramolecular Hbond substituents is 1. The van der Waals surface area contributed by atoms with Gasteiger partial charge in [0.25, 0.3) is 0 Å². The zero-order chi connectivity index (χ0) is 14.4. The van der Waals surface area contributed by atoms with Crippen LogP contribution in [0.5, 0.6) is 5.75 Å². The molecule has 2 aromatic carbocycles. The summed E-state index contributed by atoms with van der Waals surface area (Å²) in [5.41, 5.74) is 0. The highest BCUT2D eigenvalue weighted by atomic mass is 32.2. The number of phenols is 1. The average Bonchev–Trinajstić information content (AvgIpc) is 2.48. The quantitative estimate of drug-likeness (QED) is 0.623. The van der Waals surface area contributed by atoms with Gasteiger partial charge in [-0.05, 0) is 36.4 Å². The number of rotatable bonds is 5. The van der Waals surface area contributed by atoms with Crippen LogP contribution in [0.3, 0.4) is 0 Å². The Balaban J connectivity index is 2.58. The Kier molecular flexibility index (Phi) is 4.85. The van der Waals surface area contributed by atoms with Crippen molar-refractivity contribution in [1.82, 2.24) is 0 Å². The summed E-state index contributed by atoms with van der Waals surface area (Å²) in [5.74, 6) is 0.276. The molecule has 0 heterocycles. The Labute approximate surface area is 122 Å². The molecule has 1 unspecified atom stereocenters. The second-order valence-electron chi connectivity index (χ2n) is 4.13. The van der Waals surface area contributed by atoms with Crippen LogP contribution in [0.25, 0.3) is 0 Å². The molecule has 2 heteroatoms. The molecule has 20 heavy (non-hydrogen) atoms. The SMILES string of the molecule is C=C/C=C(\C=C)[S+](c1ccccc1)c1cccc(O)c1. The van der Waals surface area contributed by atoms with E-state index in [-0.39, 0.29) is 16.6 Å². The minimum atomic E-state index is -0.287. The molecular formula is C18H17OS+. The normalized spacial score (nSPS) is 12.7. The monoisotopic (exact) mass is 281 g/mol. The third kappa shape index (κ3) is 3.22. The summed E-state index contributed by atoms with van der Waals surface area (Å²) in [6.45, 7) is 7.67. The van der Waals surface area contributed by atoms with E-state index in [9.17, 15) is 5.11 Å². The lowest BCUT2D eigenvalue weighted by atomic mass is 10.3. The number of benzene rings is 2. The van der Waals surface area contributed by atoms with Gasteiger partial charge >= 0.3 is 0 Å². The van der Waals surface area contributed by atoms with Gasteiger partial charge < -0.3 is 5.11 Å². The molecule has 100 valence electrons. The van der Waals surface area contributed by atoms with Crippen LogP contribution < -0.4 is 0 Å². The van der Waals surface area contributed by atoms with Gasteiger partial charge in [0.1, 0.15) is 5.75 Å². The molecule has 0 aliphatic rings. The van der Waals surface area contributed by atoms with Crippen LogP contribution in [-0.4, -0.2) is 5.11 Å². The van der Waals surface area contributed by atoms with Crippen molar-refractivity contribution in [2.45, 2.75) is 9.79 Å². The first-order valence-electron chi connectivity index (χ1n) is 6.30. The summed E-state index contributed by atoms with van der Waals surface area (Å²) >= 11 is 0. The molecule has 0 amide bonds. The Morgan fingerprint density at radius 3 is 2.25 bits per heavy atom. The number of allylic oxidation sites excluding steroid dienone is 3. The van der Waals surface area contributed by atoms with Gasteiger partial charge in [0.2, 0.25) is 0 Å². The smallest absolute Gasteiger partial charge is 0.170 e. The molecule has 1 atom stereocenters. The van der Waals surface area contributed by atoms with E-state index in [1.807, 2.05) is 42.5 Å². The number of aromatic hydroxyl groups is 1. The third-order valence-electron chi connectivity index (χ3n) is 2.75. The van der Waals surface area contributed by atoms with Crippen LogP contribution in [0, 0.1) is 0 Å². The fourth-order valence-corrected chi connectivity index (χ4v) is 4.01. The molecule has 0 saturated heterocycles. The standard InChI is InChI=1S/C18H16OS/c1-3-9-16(4-2)20(17-11-6-5-7-12-17)18-13-8-10-15(19)14-18/h3-14H,1-2H2/p+1/b16-9+. The predicted octanol–water partition coefficient (Wildman–Crippen LogP) is 4.68. The zero-order valence-corrected chi connectivity index (χ0v) is 12.0. The lowest BCUT2D eigenvalue weighted by Crippen LogP contribution is -2.05. The van der Waals surface area contributed by atoms with Crippen LogP contribution in [0.4, 0.5) is 0 Å². The summed E-state index contributed by atoms with van der Waals surface area (Å²) in [5, 5.41) is 9.73. The Morgan fingerprint density at radius 2 is 1.65 bits per heavy atom. The van der Waals surface area contributed by atoms with E-state index in [1.54, 1.807) is 18.2 Å². The molecule has 0 aromatic heterocycles.